The lowest BCUT2D eigenvalue weighted by atomic mass is 9.97. The van der Waals surface area contributed by atoms with Gasteiger partial charge in [0.1, 0.15) is 0 Å². The van der Waals surface area contributed by atoms with E-state index in [9.17, 15) is 0 Å². The van der Waals surface area contributed by atoms with Gasteiger partial charge in [0.05, 0.1) is 5.69 Å². The predicted molar refractivity (Wildman–Crippen MR) is 101 cm³/mol. The first-order valence-electron chi connectivity index (χ1n) is 9.35. The summed E-state index contributed by atoms with van der Waals surface area (Å²) < 4.78 is 2.02. The Morgan fingerprint density at radius 3 is 2.71 bits per heavy atom. The molecule has 1 heterocycles. The molecule has 1 aromatic rings. The van der Waals surface area contributed by atoms with Crippen LogP contribution < -0.4 is 10.6 Å². The number of hydrogen-bond donors (Lipinski definition) is 2. The minimum absolute atomic E-state index is 0.780. The van der Waals surface area contributed by atoms with Crippen molar-refractivity contribution in [3.63, 3.8) is 0 Å². The van der Waals surface area contributed by atoms with Gasteiger partial charge in [0.15, 0.2) is 5.96 Å². The molecule has 24 heavy (non-hydrogen) atoms. The van der Waals surface area contributed by atoms with Gasteiger partial charge in [0.25, 0.3) is 0 Å². The van der Waals surface area contributed by atoms with Crippen LogP contribution in [0.1, 0.15) is 62.9 Å². The van der Waals surface area contributed by atoms with Crippen molar-refractivity contribution in [3.8, 4) is 0 Å². The van der Waals surface area contributed by atoms with Crippen molar-refractivity contribution in [2.75, 3.05) is 13.6 Å². The van der Waals surface area contributed by atoms with Crippen LogP contribution >= 0.6 is 0 Å². The smallest absolute Gasteiger partial charge is 0.191 e. The summed E-state index contributed by atoms with van der Waals surface area (Å²) in [6.45, 7) is 6.07. The molecule has 0 aromatic carbocycles. The Morgan fingerprint density at radius 1 is 1.25 bits per heavy atom. The average Bonchev–Trinajstić information content (AvgIpc) is 2.93. The molecule has 0 spiro atoms. The monoisotopic (exact) mass is 331 g/mol. The molecule has 2 rings (SSSR count). The molecule has 0 unspecified atom stereocenters. The Labute approximate surface area is 146 Å². The fourth-order valence-corrected chi connectivity index (χ4v) is 3.46. The zero-order valence-corrected chi connectivity index (χ0v) is 15.8. The fraction of sp³-hybridized carbons (Fsp3) is 0.684. The van der Waals surface area contributed by atoms with Gasteiger partial charge in [-0.05, 0) is 44.9 Å². The number of aromatic nitrogens is 2. The Bertz CT molecular complexity index is 583. The summed E-state index contributed by atoms with van der Waals surface area (Å²) in [6.07, 6.45) is 10.7. The molecule has 0 fully saturated rings. The van der Waals surface area contributed by atoms with E-state index >= 15 is 0 Å². The maximum Gasteiger partial charge on any atom is 0.191 e. The number of rotatable bonds is 7. The average molecular weight is 332 g/mol. The number of allylic oxidation sites excluding steroid dienone is 1. The first-order chi connectivity index (χ1) is 11.7. The van der Waals surface area contributed by atoms with Crippen molar-refractivity contribution < 1.29 is 0 Å². The van der Waals surface area contributed by atoms with Gasteiger partial charge >= 0.3 is 0 Å². The number of hydrogen-bond acceptors (Lipinski definition) is 2. The number of aryl methyl sites for hydroxylation is 2. The SMILES string of the molecule is CCc1nn(C)c(CC)c1CNC(=NC)NCCC1=CCCCC1. The van der Waals surface area contributed by atoms with Crippen LogP contribution in [0.5, 0.6) is 0 Å². The van der Waals surface area contributed by atoms with E-state index in [4.69, 9.17) is 0 Å². The summed E-state index contributed by atoms with van der Waals surface area (Å²) in [5.41, 5.74) is 5.41. The summed E-state index contributed by atoms with van der Waals surface area (Å²) in [4.78, 5) is 4.35. The summed E-state index contributed by atoms with van der Waals surface area (Å²) >= 11 is 0. The number of nitrogens with zero attached hydrogens (tertiary/aromatic N) is 3. The normalized spacial score (nSPS) is 15.3. The van der Waals surface area contributed by atoms with Gasteiger partial charge in [0.2, 0.25) is 0 Å². The molecule has 2 N–H and O–H groups in total. The second kappa shape index (κ2) is 9.50. The molecule has 0 saturated heterocycles. The minimum Gasteiger partial charge on any atom is -0.356 e. The van der Waals surface area contributed by atoms with Gasteiger partial charge < -0.3 is 10.6 Å². The van der Waals surface area contributed by atoms with Crippen molar-refractivity contribution >= 4 is 5.96 Å². The largest absolute Gasteiger partial charge is 0.356 e. The third kappa shape index (κ3) is 4.86. The fourth-order valence-electron chi connectivity index (χ4n) is 3.46. The number of nitrogens with one attached hydrogen (secondary N) is 2. The highest BCUT2D eigenvalue weighted by atomic mass is 15.3. The maximum atomic E-state index is 4.64. The van der Waals surface area contributed by atoms with Crippen LogP contribution in [0, 0.1) is 0 Å². The predicted octanol–water partition coefficient (Wildman–Crippen LogP) is 3.10. The van der Waals surface area contributed by atoms with Crippen LogP contribution in [0.3, 0.4) is 0 Å². The molecule has 0 amide bonds. The number of guanidine groups is 1. The lowest BCUT2D eigenvalue weighted by Gasteiger charge is -2.15. The number of aliphatic imine (C=N–C) groups is 1. The highest BCUT2D eigenvalue weighted by molar-refractivity contribution is 5.79. The van der Waals surface area contributed by atoms with Gasteiger partial charge in [-0.15, -0.1) is 0 Å². The van der Waals surface area contributed by atoms with Crippen LogP contribution in [0.15, 0.2) is 16.6 Å². The molecule has 134 valence electrons. The third-order valence-corrected chi connectivity index (χ3v) is 4.81. The van der Waals surface area contributed by atoms with E-state index in [1.807, 2.05) is 18.8 Å². The van der Waals surface area contributed by atoms with E-state index in [1.54, 1.807) is 5.57 Å². The molecule has 0 radical (unpaired) electrons. The van der Waals surface area contributed by atoms with Crippen molar-refractivity contribution in [2.45, 2.75) is 65.3 Å². The van der Waals surface area contributed by atoms with E-state index in [0.717, 1.165) is 38.3 Å². The molecule has 5 nitrogen and oxygen atoms in total. The first kappa shape index (κ1) is 18.6. The molecule has 1 aliphatic rings. The highest BCUT2D eigenvalue weighted by Crippen LogP contribution is 2.19. The lowest BCUT2D eigenvalue weighted by molar-refractivity contribution is 0.665. The molecule has 0 atom stereocenters. The summed E-state index contributed by atoms with van der Waals surface area (Å²) in [5.74, 6) is 0.874. The van der Waals surface area contributed by atoms with Crippen LogP contribution in [-0.4, -0.2) is 29.3 Å². The first-order valence-corrected chi connectivity index (χ1v) is 9.35. The van der Waals surface area contributed by atoms with Crippen LogP contribution in [-0.2, 0) is 26.4 Å². The molecular weight excluding hydrogens is 298 g/mol. The van der Waals surface area contributed by atoms with E-state index < -0.39 is 0 Å². The van der Waals surface area contributed by atoms with E-state index in [-0.39, 0.29) is 0 Å². The van der Waals surface area contributed by atoms with Crippen molar-refractivity contribution in [3.05, 3.63) is 28.6 Å². The van der Waals surface area contributed by atoms with Crippen LogP contribution in [0.4, 0.5) is 0 Å². The van der Waals surface area contributed by atoms with Crippen LogP contribution in [0.25, 0.3) is 0 Å². The standard InChI is InChI=1S/C19H33N5/c1-5-17-16(18(6-2)24(4)23-17)14-22-19(20-3)21-13-12-15-10-8-7-9-11-15/h10H,5-9,11-14H2,1-4H3,(H2,20,21,22). The van der Waals surface area contributed by atoms with Crippen molar-refractivity contribution in [1.82, 2.24) is 20.4 Å². The quantitative estimate of drug-likeness (QED) is 0.458. The molecule has 0 saturated carbocycles. The molecule has 0 bridgehead atoms. The molecule has 1 aliphatic carbocycles. The Kier molecular flexibility index (Phi) is 7.35. The Morgan fingerprint density at radius 2 is 2.08 bits per heavy atom. The van der Waals surface area contributed by atoms with E-state index in [1.165, 1.54) is 42.6 Å². The van der Waals surface area contributed by atoms with Gasteiger partial charge in [-0.25, -0.2) is 0 Å². The van der Waals surface area contributed by atoms with Gasteiger partial charge in [0, 0.05) is 38.4 Å². The third-order valence-electron chi connectivity index (χ3n) is 4.81. The maximum absolute atomic E-state index is 4.64. The zero-order chi connectivity index (χ0) is 17.4. The molecule has 1 aromatic heterocycles. The molecule has 0 aliphatic heterocycles. The van der Waals surface area contributed by atoms with E-state index in [0.29, 0.717) is 0 Å². The summed E-state index contributed by atoms with van der Waals surface area (Å²) in [5, 5.41) is 11.5. The minimum atomic E-state index is 0.780. The Hall–Kier alpha value is -1.78. The van der Waals surface area contributed by atoms with Crippen LogP contribution in [0.2, 0.25) is 0 Å². The van der Waals surface area contributed by atoms with Gasteiger partial charge in [-0.3, -0.25) is 9.67 Å². The summed E-state index contributed by atoms with van der Waals surface area (Å²) in [6, 6.07) is 0. The van der Waals surface area contributed by atoms with Gasteiger partial charge in [-0.1, -0.05) is 25.5 Å². The highest BCUT2D eigenvalue weighted by Gasteiger charge is 2.13. The van der Waals surface area contributed by atoms with Crippen molar-refractivity contribution in [2.24, 2.45) is 12.0 Å². The topological polar surface area (TPSA) is 54.2 Å². The second-order valence-corrected chi connectivity index (χ2v) is 6.41. The zero-order valence-electron chi connectivity index (χ0n) is 15.8. The van der Waals surface area contributed by atoms with E-state index in [2.05, 4.69) is 40.6 Å². The second-order valence-electron chi connectivity index (χ2n) is 6.41. The lowest BCUT2D eigenvalue weighted by Crippen LogP contribution is -2.37. The molecule has 5 heteroatoms. The Balaban J connectivity index is 1.86. The van der Waals surface area contributed by atoms with Crippen molar-refractivity contribution in [1.29, 1.82) is 0 Å². The molecular formula is C19H33N5. The summed E-state index contributed by atoms with van der Waals surface area (Å²) in [7, 11) is 3.87. The van der Waals surface area contributed by atoms with Gasteiger partial charge in [-0.2, -0.15) is 5.10 Å².